The van der Waals surface area contributed by atoms with E-state index in [1.54, 1.807) is 4.90 Å². The quantitative estimate of drug-likeness (QED) is 0.666. The third kappa shape index (κ3) is 6.71. The summed E-state index contributed by atoms with van der Waals surface area (Å²) in [6.45, 7) is 3.22. The van der Waals surface area contributed by atoms with Crippen molar-refractivity contribution in [2.24, 2.45) is 0 Å². The van der Waals surface area contributed by atoms with E-state index in [0.29, 0.717) is 19.5 Å². The summed E-state index contributed by atoms with van der Waals surface area (Å²) < 4.78 is 0. The zero-order valence-electron chi connectivity index (χ0n) is 12.6. The van der Waals surface area contributed by atoms with Crippen molar-refractivity contribution >= 4 is 5.91 Å². The molecular weight excluding hydrogens is 250 g/mol. The Labute approximate surface area is 122 Å². The minimum Gasteiger partial charge on any atom is -0.395 e. The number of hydrogen-bond donors (Lipinski definition) is 1. The van der Waals surface area contributed by atoms with Crippen LogP contribution in [0.3, 0.4) is 0 Å². The van der Waals surface area contributed by atoms with Crippen molar-refractivity contribution in [3.8, 4) is 0 Å². The average Bonchev–Trinajstić information content (AvgIpc) is 2.47. The van der Waals surface area contributed by atoms with Crippen LogP contribution in [0.2, 0.25) is 0 Å². The number of aliphatic hydroxyl groups excluding tert-OH is 1. The molecule has 0 aromatic heterocycles. The van der Waals surface area contributed by atoms with Crippen molar-refractivity contribution < 1.29 is 9.90 Å². The van der Waals surface area contributed by atoms with E-state index in [0.717, 1.165) is 18.4 Å². The molecule has 1 amide bonds. The van der Waals surface area contributed by atoms with Crippen LogP contribution in [0.5, 0.6) is 0 Å². The van der Waals surface area contributed by atoms with Crippen LogP contribution < -0.4 is 0 Å². The molecule has 3 heteroatoms. The smallest absolute Gasteiger partial charge is 0.222 e. The molecular formula is C17H27NO2. The van der Waals surface area contributed by atoms with Crippen molar-refractivity contribution in [3.63, 3.8) is 0 Å². The Morgan fingerprint density at radius 2 is 1.80 bits per heavy atom. The lowest BCUT2D eigenvalue weighted by Gasteiger charge is -2.22. The van der Waals surface area contributed by atoms with Crippen LogP contribution in [-0.2, 0) is 11.3 Å². The fourth-order valence-electron chi connectivity index (χ4n) is 2.25. The van der Waals surface area contributed by atoms with Gasteiger partial charge in [0, 0.05) is 19.5 Å². The monoisotopic (exact) mass is 277 g/mol. The molecule has 0 unspecified atom stereocenters. The third-order valence-electron chi connectivity index (χ3n) is 3.43. The molecule has 1 rings (SSSR count). The molecule has 0 saturated carbocycles. The number of hydrogen-bond acceptors (Lipinski definition) is 2. The zero-order valence-corrected chi connectivity index (χ0v) is 12.6. The van der Waals surface area contributed by atoms with Crippen molar-refractivity contribution in [3.05, 3.63) is 35.9 Å². The van der Waals surface area contributed by atoms with E-state index in [9.17, 15) is 4.79 Å². The Bertz CT molecular complexity index is 365. The summed E-state index contributed by atoms with van der Waals surface area (Å²) in [5, 5.41) is 9.11. The maximum absolute atomic E-state index is 12.2. The summed E-state index contributed by atoms with van der Waals surface area (Å²) in [6.07, 6.45) is 6.35. The second-order valence-corrected chi connectivity index (χ2v) is 5.19. The SMILES string of the molecule is CCCCCCCC(=O)N(CCO)Cc1ccccc1. The van der Waals surface area contributed by atoms with Crippen molar-refractivity contribution in [1.82, 2.24) is 4.90 Å². The molecule has 0 fully saturated rings. The maximum Gasteiger partial charge on any atom is 0.222 e. The second-order valence-electron chi connectivity index (χ2n) is 5.19. The highest BCUT2D eigenvalue weighted by atomic mass is 16.3. The molecule has 0 bridgehead atoms. The molecule has 1 aromatic rings. The standard InChI is InChI=1S/C17H27NO2/c1-2-3-4-5-9-12-17(20)18(13-14-19)15-16-10-7-6-8-11-16/h6-8,10-11,19H,2-5,9,12-15H2,1H3. The summed E-state index contributed by atoms with van der Waals surface area (Å²) in [7, 11) is 0. The molecule has 0 heterocycles. The number of carbonyl (C=O) groups is 1. The molecule has 0 aliphatic carbocycles. The van der Waals surface area contributed by atoms with Gasteiger partial charge in [-0.3, -0.25) is 4.79 Å². The first-order valence-electron chi connectivity index (χ1n) is 7.70. The summed E-state index contributed by atoms with van der Waals surface area (Å²) >= 11 is 0. The highest BCUT2D eigenvalue weighted by molar-refractivity contribution is 5.76. The molecule has 112 valence electrons. The zero-order chi connectivity index (χ0) is 14.6. The molecule has 0 saturated heterocycles. The van der Waals surface area contributed by atoms with Gasteiger partial charge >= 0.3 is 0 Å². The summed E-state index contributed by atoms with van der Waals surface area (Å²) in [6, 6.07) is 9.94. The topological polar surface area (TPSA) is 40.5 Å². The van der Waals surface area contributed by atoms with E-state index >= 15 is 0 Å². The van der Waals surface area contributed by atoms with E-state index < -0.39 is 0 Å². The Hall–Kier alpha value is -1.35. The molecule has 0 aliphatic rings. The van der Waals surface area contributed by atoms with Gasteiger partial charge in [-0.05, 0) is 12.0 Å². The van der Waals surface area contributed by atoms with E-state index in [4.69, 9.17) is 5.11 Å². The summed E-state index contributed by atoms with van der Waals surface area (Å²) in [4.78, 5) is 13.9. The van der Waals surface area contributed by atoms with E-state index in [1.807, 2.05) is 30.3 Å². The first kappa shape index (κ1) is 16.7. The van der Waals surface area contributed by atoms with Gasteiger partial charge in [-0.25, -0.2) is 0 Å². The van der Waals surface area contributed by atoms with Gasteiger partial charge in [0.2, 0.25) is 5.91 Å². The lowest BCUT2D eigenvalue weighted by atomic mass is 10.1. The summed E-state index contributed by atoms with van der Waals surface area (Å²) in [5.74, 6) is 0.152. The first-order valence-corrected chi connectivity index (χ1v) is 7.70. The summed E-state index contributed by atoms with van der Waals surface area (Å²) in [5.41, 5.74) is 1.11. The minimum atomic E-state index is 0.0222. The fraction of sp³-hybridized carbons (Fsp3) is 0.588. The average molecular weight is 277 g/mol. The molecule has 0 radical (unpaired) electrons. The van der Waals surface area contributed by atoms with Crippen molar-refractivity contribution in [2.45, 2.75) is 52.0 Å². The number of aliphatic hydroxyl groups is 1. The van der Waals surface area contributed by atoms with E-state index in [2.05, 4.69) is 6.92 Å². The van der Waals surface area contributed by atoms with Gasteiger partial charge in [-0.15, -0.1) is 0 Å². The second kappa shape index (κ2) is 10.4. The Morgan fingerprint density at radius 3 is 2.45 bits per heavy atom. The Kier molecular flexibility index (Phi) is 8.72. The number of benzene rings is 1. The van der Waals surface area contributed by atoms with Crippen LogP contribution in [0.15, 0.2) is 30.3 Å². The number of rotatable bonds is 10. The van der Waals surface area contributed by atoms with Gasteiger partial charge in [0.1, 0.15) is 0 Å². The number of carbonyl (C=O) groups excluding carboxylic acids is 1. The minimum absolute atomic E-state index is 0.0222. The number of unbranched alkanes of at least 4 members (excludes halogenated alkanes) is 4. The lowest BCUT2D eigenvalue weighted by Crippen LogP contribution is -2.32. The largest absolute Gasteiger partial charge is 0.395 e. The number of amides is 1. The highest BCUT2D eigenvalue weighted by Crippen LogP contribution is 2.10. The first-order chi connectivity index (χ1) is 9.77. The van der Waals surface area contributed by atoms with Crippen LogP contribution in [0.25, 0.3) is 0 Å². The van der Waals surface area contributed by atoms with Crippen LogP contribution in [-0.4, -0.2) is 29.1 Å². The van der Waals surface area contributed by atoms with E-state index in [1.165, 1.54) is 19.3 Å². The van der Waals surface area contributed by atoms with Gasteiger partial charge in [-0.2, -0.15) is 0 Å². The number of nitrogens with zero attached hydrogens (tertiary/aromatic N) is 1. The van der Waals surface area contributed by atoms with Crippen molar-refractivity contribution in [2.75, 3.05) is 13.2 Å². The van der Waals surface area contributed by atoms with Gasteiger partial charge in [0.25, 0.3) is 0 Å². The molecule has 20 heavy (non-hydrogen) atoms. The normalized spacial score (nSPS) is 10.5. The fourth-order valence-corrected chi connectivity index (χ4v) is 2.25. The van der Waals surface area contributed by atoms with Crippen LogP contribution in [0.1, 0.15) is 51.0 Å². The maximum atomic E-state index is 12.2. The van der Waals surface area contributed by atoms with Crippen molar-refractivity contribution in [1.29, 1.82) is 0 Å². The predicted molar refractivity (Wildman–Crippen MR) is 82.3 cm³/mol. The van der Waals surface area contributed by atoms with E-state index in [-0.39, 0.29) is 12.5 Å². The Balaban J connectivity index is 2.38. The predicted octanol–water partition coefficient (Wildman–Crippen LogP) is 3.37. The molecule has 1 N–H and O–H groups in total. The Morgan fingerprint density at radius 1 is 1.10 bits per heavy atom. The highest BCUT2D eigenvalue weighted by Gasteiger charge is 2.12. The molecule has 0 aliphatic heterocycles. The van der Waals surface area contributed by atoms with Crippen LogP contribution >= 0.6 is 0 Å². The molecule has 3 nitrogen and oxygen atoms in total. The van der Waals surface area contributed by atoms with Gasteiger partial charge in [0.05, 0.1) is 6.61 Å². The van der Waals surface area contributed by atoms with Gasteiger partial charge in [-0.1, -0.05) is 62.9 Å². The van der Waals surface area contributed by atoms with Crippen LogP contribution in [0.4, 0.5) is 0 Å². The van der Waals surface area contributed by atoms with Crippen LogP contribution in [0, 0.1) is 0 Å². The van der Waals surface area contributed by atoms with Gasteiger partial charge < -0.3 is 10.0 Å². The molecule has 1 aromatic carbocycles. The molecule has 0 atom stereocenters. The lowest BCUT2D eigenvalue weighted by molar-refractivity contribution is -0.132. The molecule has 0 spiro atoms. The van der Waals surface area contributed by atoms with Gasteiger partial charge in [0.15, 0.2) is 0 Å². The third-order valence-corrected chi connectivity index (χ3v) is 3.43.